The summed E-state index contributed by atoms with van der Waals surface area (Å²) in [6, 6.07) is 0.0377. The predicted molar refractivity (Wildman–Crippen MR) is 66.3 cm³/mol. The zero-order valence-electron chi connectivity index (χ0n) is 9.92. The van der Waals surface area contributed by atoms with Crippen molar-refractivity contribution >= 4 is 11.3 Å². The molecule has 0 saturated heterocycles. The summed E-state index contributed by atoms with van der Waals surface area (Å²) >= 11 is 1.64. The first-order valence-electron chi connectivity index (χ1n) is 5.49. The summed E-state index contributed by atoms with van der Waals surface area (Å²) in [4.78, 5) is 9.61. The van der Waals surface area contributed by atoms with E-state index in [-0.39, 0.29) is 6.04 Å². The molecule has 0 amide bonds. The van der Waals surface area contributed by atoms with Crippen molar-refractivity contribution < 1.29 is 0 Å². The molecule has 2 rings (SSSR count). The van der Waals surface area contributed by atoms with Crippen molar-refractivity contribution in [2.75, 3.05) is 0 Å². The summed E-state index contributed by atoms with van der Waals surface area (Å²) in [7, 11) is 0. The molecule has 0 radical (unpaired) electrons. The molecule has 0 bridgehead atoms. The average molecular weight is 252 g/mol. The maximum Gasteiger partial charge on any atom is 0.138 e. The summed E-state index contributed by atoms with van der Waals surface area (Å²) in [6.07, 6.45) is 4.15. The number of nitrogens with one attached hydrogen (secondary N) is 1. The first-order chi connectivity index (χ1) is 8.24. The fourth-order valence-corrected chi connectivity index (χ4v) is 2.52. The molecular formula is C10H16N6S. The number of aryl methyl sites for hydroxylation is 2. The second kappa shape index (κ2) is 5.35. The van der Waals surface area contributed by atoms with Gasteiger partial charge in [0.15, 0.2) is 0 Å². The third-order valence-corrected chi connectivity index (χ3v) is 3.59. The lowest BCUT2D eigenvalue weighted by molar-refractivity contribution is 0.515. The summed E-state index contributed by atoms with van der Waals surface area (Å²) in [6.45, 7) is 4.84. The van der Waals surface area contributed by atoms with E-state index in [1.165, 1.54) is 0 Å². The van der Waals surface area contributed by atoms with Crippen molar-refractivity contribution in [3.63, 3.8) is 0 Å². The average Bonchev–Trinajstić information content (AvgIpc) is 2.94. The Morgan fingerprint density at radius 1 is 1.53 bits per heavy atom. The van der Waals surface area contributed by atoms with Gasteiger partial charge in [0, 0.05) is 24.0 Å². The van der Waals surface area contributed by atoms with Crippen LogP contribution in [0.15, 0.2) is 12.5 Å². The van der Waals surface area contributed by atoms with Gasteiger partial charge in [0.1, 0.15) is 12.2 Å². The number of nitrogens with zero attached hydrogens (tertiary/aromatic N) is 4. The molecular weight excluding hydrogens is 236 g/mol. The van der Waals surface area contributed by atoms with E-state index in [2.05, 4.69) is 20.5 Å². The van der Waals surface area contributed by atoms with E-state index in [0.29, 0.717) is 6.42 Å². The molecule has 2 aromatic heterocycles. The lowest BCUT2D eigenvalue weighted by Crippen LogP contribution is -2.29. The maximum absolute atomic E-state index is 5.59. The number of hydrogen-bond donors (Lipinski definition) is 2. The van der Waals surface area contributed by atoms with Crippen LogP contribution >= 0.6 is 11.3 Å². The molecule has 0 fully saturated rings. The third kappa shape index (κ3) is 2.68. The molecule has 92 valence electrons. The van der Waals surface area contributed by atoms with Gasteiger partial charge < -0.3 is 0 Å². The Bertz CT molecular complexity index is 477. The molecule has 1 atom stereocenters. The molecule has 0 aliphatic heterocycles. The van der Waals surface area contributed by atoms with E-state index in [1.807, 2.05) is 24.7 Å². The third-order valence-electron chi connectivity index (χ3n) is 2.57. The smallest absolute Gasteiger partial charge is 0.138 e. The SMILES string of the molecule is CCn1ncnc1CC(NN)c1cnc(C)s1. The highest BCUT2D eigenvalue weighted by molar-refractivity contribution is 7.11. The number of hydrogen-bond acceptors (Lipinski definition) is 6. The van der Waals surface area contributed by atoms with E-state index in [1.54, 1.807) is 17.7 Å². The van der Waals surface area contributed by atoms with Crippen LogP contribution in [0.4, 0.5) is 0 Å². The first kappa shape index (κ1) is 12.2. The summed E-state index contributed by atoms with van der Waals surface area (Å²) in [5.74, 6) is 6.53. The number of rotatable bonds is 5. The highest BCUT2D eigenvalue weighted by Crippen LogP contribution is 2.22. The van der Waals surface area contributed by atoms with Gasteiger partial charge in [0.2, 0.25) is 0 Å². The fraction of sp³-hybridized carbons (Fsp3) is 0.500. The van der Waals surface area contributed by atoms with Crippen molar-refractivity contribution in [1.82, 2.24) is 25.2 Å². The standard InChI is InChI=1S/C10H16N6S/c1-3-16-10(13-6-14-16)4-8(15-11)9-5-12-7(2)17-9/h5-6,8,15H,3-4,11H2,1-2H3. The van der Waals surface area contributed by atoms with Gasteiger partial charge in [-0.1, -0.05) is 0 Å². The Kier molecular flexibility index (Phi) is 3.82. The molecule has 2 heterocycles. The molecule has 0 saturated carbocycles. The van der Waals surface area contributed by atoms with Gasteiger partial charge in [0.05, 0.1) is 11.0 Å². The van der Waals surface area contributed by atoms with Crippen molar-refractivity contribution in [3.05, 3.63) is 28.2 Å². The lowest BCUT2D eigenvalue weighted by atomic mass is 10.2. The Morgan fingerprint density at radius 2 is 2.35 bits per heavy atom. The van der Waals surface area contributed by atoms with Gasteiger partial charge in [-0.25, -0.2) is 9.97 Å². The van der Waals surface area contributed by atoms with E-state index in [9.17, 15) is 0 Å². The number of aromatic nitrogens is 4. The van der Waals surface area contributed by atoms with Crippen LogP contribution in [0, 0.1) is 6.92 Å². The number of hydrazine groups is 1. The molecule has 7 heteroatoms. The zero-order valence-corrected chi connectivity index (χ0v) is 10.7. The van der Waals surface area contributed by atoms with Crippen LogP contribution in [0.2, 0.25) is 0 Å². The van der Waals surface area contributed by atoms with Crippen LogP contribution in [0.1, 0.15) is 28.7 Å². The Morgan fingerprint density at radius 3 is 2.94 bits per heavy atom. The highest BCUT2D eigenvalue weighted by atomic mass is 32.1. The summed E-state index contributed by atoms with van der Waals surface area (Å²) < 4.78 is 1.87. The van der Waals surface area contributed by atoms with Crippen LogP contribution in [-0.2, 0) is 13.0 Å². The molecule has 1 unspecified atom stereocenters. The minimum Gasteiger partial charge on any atom is -0.271 e. The first-order valence-corrected chi connectivity index (χ1v) is 6.31. The minimum absolute atomic E-state index is 0.0377. The normalized spacial score (nSPS) is 12.9. The fourth-order valence-electron chi connectivity index (χ4n) is 1.67. The van der Waals surface area contributed by atoms with Gasteiger partial charge in [0.25, 0.3) is 0 Å². The molecule has 2 aromatic rings. The second-order valence-electron chi connectivity index (χ2n) is 3.70. The van der Waals surface area contributed by atoms with Gasteiger partial charge in [-0.3, -0.25) is 16.0 Å². The van der Waals surface area contributed by atoms with E-state index >= 15 is 0 Å². The van der Waals surface area contributed by atoms with Crippen LogP contribution in [0.3, 0.4) is 0 Å². The van der Waals surface area contributed by atoms with E-state index in [4.69, 9.17) is 5.84 Å². The molecule has 0 aliphatic carbocycles. The second-order valence-corrected chi connectivity index (χ2v) is 4.96. The largest absolute Gasteiger partial charge is 0.271 e. The minimum atomic E-state index is 0.0377. The Balaban J connectivity index is 2.15. The Hall–Kier alpha value is -1.31. The molecule has 0 aliphatic rings. The van der Waals surface area contributed by atoms with Crippen LogP contribution in [-0.4, -0.2) is 19.7 Å². The summed E-state index contributed by atoms with van der Waals surface area (Å²) in [5, 5.41) is 5.18. The topological polar surface area (TPSA) is 81.7 Å². The highest BCUT2D eigenvalue weighted by Gasteiger charge is 2.16. The predicted octanol–water partition coefficient (Wildman–Crippen LogP) is 0.810. The van der Waals surface area contributed by atoms with Gasteiger partial charge in [-0.15, -0.1) is 11.3 Å². The molecule has 0 aromatic carbocycles. The van der Waals surface area contributed by atoms with Crippen LogP contribution in [0.5, 0.6) is 0 Å². The molecule has 3 N–H and O–H groups in total. The van der Waals surface area contributed by atoms with Gasteiger partial charge >= 0.3 is 0 Å². The van der Waals surface area contributed by atoms with Crippen molar-refractivity contribution in [1.29, 1.82) is 0 Å². The van der Waals surface area contributed by atoms with Crippen molar-refractivity contribution in [2.24, 2.45) is 5.84 Å². The zero-order chi connectivity index (χ0) is 12.3. The van der Waals surface area contributed by atoms with Crippen molar-refractivity contribution in [2.45, 2.75) is 32.9 Å². The quantitative estimate of drug-likeness (QED) is 0.608. The van der Waals surface area contributed by atoms with Crippen LogP contribution in [0.25, 0.3) is 0 Å². The molecule has 17 heavy (non-hydrogen) atoms. The van der Waals surface area contributed by atoms with E-state index in [0.717, 1.165) is 22.3 Å². The monoisotopic (exact) mass is 252 g/mol. The van der Waals surface area contributed by atoms with Gasteiger partial charge in [-0.2, -0.15) is 5.10 Å². The van der Waals surface area contributed by atoms with E-state index < -0.39 is 0 Å². The summed E-state index contributed by atoms with van der Waals surface area (Å²) in [5.41, 5.74) is 2.81. The molecule has 0 spiro atoms. The molecule has 6 nitrogen and oxygen atoms in total. The van der Waals surface area contributed by atoms with Crippen molar-refractivity contribution in [3.8, 4) is 0 Å². The van der Waals surface area contributed by atoms with Gasteiger partial charge in [-0.05, 0) is 13.8 Å². The Labute approximate surface area is 104 Å². The number of thiazole rings is 1. The number of nitrogens with two attached hydrogens (primary N) is 1. The lowest BCUT2D eigenvalue weighted by Gasteiger charge is -2.13. The van der Waals surface area contributed by atoms with Crippen LogP contribution < -0.4 is 11.3 Å². The maximum atomic E-state index is 5.59.